The second-order valence-electron chi connectivity index (χ2n) is 7.91. The quantitative estimate of drug-likeness (QED) is 0.375. The molecular formula is C23H18ClFN6O2S. The van der Waals surface area contributed by atoms with Gasteiger partial charge in [0.1, 0.15) is 5.82 Å². The maximum absolute atomic E-state index is 13.2. The third-order valence-corrected chi connectivity index (χ3v) is 6.79. The Hall–Kier alpha value is -3.63. The molecule has 0 aliphatic heterocycles. The van der Waals surface area contributed by atoms with Gasteiger partial charge in [-0.05, 0) is 84.3 Å². The topological polar surface area (TPSA) is 102 Å². The Morgan fingerprint density at radius 3 is 2.56 bits per heavy atom. The standard InChI is InChI=1S/C23H18ClFN6O2S/c1-12-10-19(27-22(32)17-9-4-14(25)11-18(17)24)34-20(12)23(33)26-15-5-2-13(3-6-15)21-28-29-30-31(21)16-7-8-16/h2-6,9-11,16H,7-8H2,1H3,(H,26,33)(H,27,32). The van der Waals surface area contributed by atoms with Gasteiger partial charge >= 0.3 is 0 Å². The highest BCUT2D eigenvalue weighted by Gasteiger charge is 2.28. The van der Waals surface area contributed by atoms with E-state index in [1.54, 1.807) is 25.1 Å². The Kier molecular flexibility index (Phi) is 5.84. The van der Waals surface area contributed by atoms with Gasteiger partial charge in [-0.2, -0.15) is 0 Å². The van der Waals surface area contributed by atoms with Crippen LogP contribution in [0.15, 0.2) is 48.5 Å². The molecule has 0 radical (unpaired) electrons. The molecule has 2 amide bonds. The lowest BCUT2D eigenvalue weighted by Gasteiger charge is -2.07. The first-order valence-corrected chi connectivity index (χ1v) is 11.6. The van der Waals surface area contributed by atoms with Crippen LogP contribution >= 0.6 is 22.9 Å². The van der Waals surface area contributed by atoms with Crippen molar-refractivity contribution in [1.82, 2.24) is 20.2 Å². The number of nitrogens with one attached hydrogen (secondary N) is 2. The van der Waals surface area contributed by atoms with E-state index in [1.807, 2.05) is 16.8 Å². The van der Waals surface area contributed by atoms with Crippen molar-refractivity contribution in [3.63, 3.8) is 0 Å². The van der Waals surface area contributed by atoms with E-state index in [1.165, 1.54) is 6.07 Å². The van der Waals surface area contributed by atoms with E-state index in [-0.39, 0.29) is 16.5 Å². The average Bonchev–Trinajstić information content (AvgIpc) is 3.41. The number of rotatable bonds is 6. The van der Waals surface area contributed by atoms with Gasteiger partial charge in [0.2, 0.25) is 0 Å². The van der Waals surface area contributed by atoms with Crippen LogP contribution in [0.25, 0.3) is 11.4 Å². The fourth-order valence-electron chi connectivity index (χ4n) is 3.46. The average molecular weight is 497 g/mol. The number of halogens is 2. The number of hydrogen-bond donors (Lipinski definition) is 2. The van der Waals surface area contributed by atoms with Crippen molar-refractivity contribution < 1.29 is 14.0 Å². The molecule has 34 heavy (non-hydrogen) atoms. The zero-order valence-electron chi connectivity index (χ0n) is 17.9. The summed E-state index contributed by atoms with van der Waals surface area (Å²) in [5, 5.41) is 18.0. The van der Waals surface area contributed by atoms with E-state index in [0.717, 1.165) is 41.9 Å². The minimum atomic E-state index is -0.526. The summed E-state index contributed by atoms with van der Waals surface area (Å²) < 4.78 is 15.1. The summed E-state index contributed by atoms with van der Waals surface area (Å²) >= 11 is 7.11. The number of carbonyl (C=O) groups is 2. The monoisotopic (exact) mass is 496 g/mol. The van der Waals surface area contributed by atoms with Gasteiger partial charge in [0.05, 0.1) is 26.5 Å². The Bertz CT molecular complexity index is 1400. The molecule has 0 spiro atoms. The first kappa shape index (κ1) is 22.2. The van der Waals surface area contributed by atoms with Crippen LogP contribution in [0, 0.1) is 12.7 Å². The second kappa shape index (κ2) is 8.96. The number of hydrogen-bond acceptors (Lipinski definition) is 6. The lowest BCUT2D eigenvalue weighted by Crippen LogP contribution is -2.12. The predicted octanol–water partition coefficient (Wildman–Crippen LogP) is 5.34. The van der Waals surface area contributed by atoms with Gasteiger partial charge in [-0.25, -0.2) is 9.07 Å². The first-order chi connectivity index (χ1) is 16.4. The van der Waals surface area contributed by atoms with E-state index in [2.05, 4.69) is 26.2 Å². The number of tetrazole rings is 1. The first-order valence-electron chi connectivity index (χ1n) is 10.5. The van der Waals surface area contributed by atoms with Gasteiger partial charge in [0, 0.05) is 11.3 Å². The van der Waals surface area contributed by atoms with Crippen molar-refractivity contribution in [2.24, 2.45) is 0 Å². The van der Waals surface area contributed by atoms with E-state index in [4.69, 9.17) is 11.6 Å². The molecule has 2 N–H and O–H groups in total. The second-order valence-corrected chi connectivity index (χ2v) is 9.37. The maximum Gasteiger partial charge on any atom is 0.266 e. The number of thiophene rings is 1. The molecule has 0 bridgehead atoms. The molecule has 172 valence electrons. The molecule has 8 nitrogen and oxygen atoms in total. The maximum atomic E-state index is 13.2. The van der Waals surface area contributed by atoms with Crippen LogP contribution in [0.3, 0.4) is 0 Å². The van der Waals surface area contributed by atoms with Gasteiger partial charge in [0.25, 0.3) is 11.8 Å². The smallest absolute Gasteiger partial charge is 0.266 e. The summed E-state index contributed by atoms with van der Waals surface area (Å²) in [4.78, 5) is 25.8. The highest BCUT2D eigenvalue weighted by atomic mass is 35.5. The normalized spacial score (nSPS) is 13.0. The van der Waals surface area contributed by atoms with Crippen LogP contribution in [-0.4, -0.2) is 32.0 Å². The fourth-order valence-corrected chi connectivity index (χ4v) is 4.68. The van der Waals surface area contributed by atoms with E-state index < -0.39 is 11.7 Å². The molecular weight excluding hydrogens is 479 g/mol. The van der Waals surface area contributed by atoms with Crippen LogP contribution in [0.4, 0.5) is 15.1 Å². The number of nitrogens with zero attached hydrogens (tertiary/aromatic N) is 4. The van der Waals surface area contributed by atoms with Crippen LogP contribution in [-0.2, 0) is 0 Å². The van der Waals surface area contributed by atoms with Crippen molar-refractivity contribution in [2.45, 2.75) is 25.8 Å². The minimum Gasteiger partial charge on any atom is -0.321 e. The van der Waals surface area contributed by atoms with Crippen molar-refractivity contribution in [3.05, 3.63) is 75.4 Å². The molecule has 11 heteroatoms. The molecule has 0 atom stereocenters. The van der Waals surface area contributed by atoms with Crippen LogP contribution in [0.1, 0.15) is 44.5 Å². The lowest BCUT2D eigenvalue weighted by atomic mass is 10.2. The molecule has 2 aromatic heterocycles. The Labute approximate surface area is 202 Å². The van der Waals surface area contributed by atoms with Crippen molar-refractivity contribution in [1.29, 1.82) is 0 Å². The highest BCUT2D eigenvalue weighted by Crippen LogP contribution is 2.36. The SMILES string of the molecule is Cc1cc(NC(=O)c2ccc(F)cc2Cl)sc1C(=O)Nc1ccc(-c2nnnn2C2CC2)cc1. The molecule has 1 aliphatic rings. The van der Waals surface area contributed by atoms with E-state index >= 15 is 0 Å². The van der Waals surface area contributed by atoms with Gasteiger partial charge in [-0.3, -0.25) is 9.59 Å². The molecule has 1 fully saturated rings. The third kappa shape index (κ3) is 4.55. The Morgan fingerprint density at radius 2 is 1.85 bits per heavy atom. The molecule has 0 saturated heterocycles. The zero-order valence-corrected chi connectivity index (χ0v) is 19.5. The van der Waals surface area contributed by atoms with Crippen molar-refractivity contribution in [2.75, 3.05) is 10.6 Å². The number of benzene rings is 2. The van der Waals surface area contributed by atoms with Gasteiger partial charge in [-0.15, -0.1) is 16.4 Å². The lowest BCUT2D eigenvalue weighted by molar-refractivity contribution is 0.102. The molecule has 4 aromatic rings. The molecule has 2 heterocycles. The molecule has 1 aliphatic carbocycles. The van der Waals surface area contributed by atoms with Gasteiger partial charge < -0.3 is 10.6 Å². The van der Waals surface area contributed by atoms with Gasteiger partial charge in [-0.1, -0.05) is 11.6 Å². The van der Waals surface area contributed by atoms with Crippen LogP contribution in [0.5, 0.6) is 0 Å². The molecule has 2 aromatic carbocycles. The number of aryl methyl sites for hydroxylation is 1. The summed E-state index contributed by atoms with van der Waals surface area (Å²) in [6, 6.07) is 12.9. The van der Waals surface area contributed by atoms with Crippen LogP contribution < -0.4 is 10.6 Å². The summed E-state index contributed by atoms with van der Waals surface area (Å²) in [7, 11) is 0. The molecule has 5 rings (SSSR count). The molecule has 1 saturated carbocycles. The minimum absolute atomic E-state index is 0.0124. The van der Waals surface area contributed by atoms with E-state index in [0.29, 0.717) is 33.0 Å². The highest BCUT2D eigenvalue weighted by molar-refractivity contribution is 7.18. The number of carbonyl (C=O) groups excluding carboxylic acids is 2. The van der Waals surface area contributed by atoms with Crippen molar-refractivity contribution in [3.8, 4) is 11.4 Å². The fraction of sp³-hybridized carbons (Fsp3) is 0.174. The van der Waals surface area contributed by atoms with Crippen LogP contribution in [0.2, 0.25) is 5.02 Å². The van der Waals surface area contributed by atoms with E-state index in [9.17, 15) is 14.0 Å². The summed E-state index contributed by atoms with van der Waals surface area (Å²) in [6.45, 7) is 1.78. The largest absolute Gasteiger partial charge is 0.321 e. The third-order valence-electron chi connectivity index (χ3n) is 5.32. The Morgan fingerprint density at radius 1 is 1.09 bits per heavy atom. The number of anilines is 2. The Balaban J connectivity index is 1.27. The zero-order chi connectivity index (χ0) is 23.8. The number of aromatic nitrogens is 4. The van der Waals surface area contributed by atoms with Crippen molar-refractivity contribution >= 4 is 45.4 Å². The summed E-state index contributed by atoms with van der Waals surface area (Å²) in [6.07, 6.45) is 2.15. The predicted molar refractivity (Wildman–Crippen MR) is 128 cm³/mol. The van der Waals surface area contributed by atoms with Gasteiger partial charge in [0.15, 0.2) is 5.82 Å². The number of amides is 2. The molecule has 0 unspecified atom stereocenters. The summed E-state index contributed by atoms with van der Waals surface area (Å²) in [5.41, 5.74) is 2.35. The summed E-state index contributed by atoms with van der Waals surface area (Å²) in [5.74, 6) is -0.598.